The van der Waals surface area contributed by atoms with Crippen molar-refractivity contribution < 1.29 is 28.6 Å². The number of hydrogen-bond donors (Lipinski definition) is 2. The molecule has 236 valence electrons. The van der Waals surface area contributed by atoms with Crippen LogP contribution in [0.1, 0.15) is 103 Å². The molecule has 43 heavy (non-hydrogen) atoms. The lowest BCUT2D eigenvalue weighted by Crippen LogP contribution is -2.43. The van der Waals surface area contributed by atoms with Crippen molar-refractivity contribution in [3.63, 3.8) is 0 Å². The van der Waals surface area contributed by atoms with E-state index >= 15 is 0 Å². The first kappa shape index (κ1) is 34.1. The molecule has 1 amide bonds. The third-order valence-corrected chi connectivity index (χ3v) is 7.88. The minimum absolute atomic E-state index is 0.0195. The van der Waals surface area contributed by atoms with Gasteiger partial charge in [0.1, 0.15) is 12.1 Å². The Morgan fingerprint density at radius 1 is 0.837 bits per heavy atom. The first-order valence-corrected chi connectivity index (χ1v) is 15.5. The minimum atomic E-state index is -1.00. The Bertz CT molecular complexity index is 1150. The maximum Gasteiger partial charge on any atom is 0.408 e. The van der Waals surface area contributed by atoms with Crippen LogP contribution in [0.2, 0.25) is 0 Å². The second-order valence-electron chi connectivity index (χ2n) is 13.3. The van der Waals surface area contributed by atoms with E-state index in [-0.39, 0.29) is 54.9 Å². The number of rotatable bonds is 11. The summed E-state index contributed by atoms with van der Waals surface area (Å²) in [5, 5.41) is 6.19. The van der Waals surface area contributed by atoms with E-state index in [0.717, 1.165) is 0 Å². The predicted molar refractivity (Wildman–Crippen MR) is 168 cm³/mol. The molecule has 0 saturated carbocycles. The van der Waals surface area contributed by atoms with Crippen molar-refractivity contribution >= 4 is 18.0 Å². The van der Waals surface area contributed by atoms with Crippen LogP contribution in [-0.4, -0.2) is 56.0 Å². The number of carbonyl (C=O) groups excluding carboxylic acids is 3. The summed E-state index contributed by atoms with van der Waals surface area (Å²) in [6.07, 6.45) is -0.449. The first-order chi connectivity index (χ1) is 20.2. The molecule has 0 spiro atoms. The van der Waals surface area contributed by atoms with E-state index in [1.807, 2.05) is 0 Å². The lowest BCUT2D eigenvalue weighted by atomic mass is 9.80. The molecule has 2 N–H and O–H groups in total. The standard InChI is InChI=1S/C35H50N2O6/c1-9-41-30(38)20-19-28(32(39)42-10-2)37-33(40)43-27-21-29(36-22-27)31(23-11-15-25(16-12-23)34(3,4)5)24-13-17-26(18-14-24)35(6,7)8/h11-18,27-29,31,36H,9-10,19-22H2,1-8H3,(H,37,40)/t27-,28+,29?/m1/s1. The van der Waals surface area contributed by atoms with Crippen LogP contribution in [0.15, 0.2) is 48.5 Å². The zero-order chi connectivity index (χ0) is 31.8. The van der Waals surface area contributed by atoms with Gasteiger partial charge in [-0.25, -0.2) is 9.59 Å². The highest BCUT2D eigenvalue weighted by Crippen LogP contribution is 2.35. The molecule has 8 nitrogen and oxygen atoms in total. The van der Waals surface area contributed by atoms with Gasteiger partial charge >= 0.3 is 18.0 Å². The molecule has 3 atom stereocenters. The Morgan fingerprint density at radius 2 is 1.35 bits per heavy atom. The van der Waals surface area contributed by atoms with Gasteiger partial charge in [0.05, 0.1) is 13.2 Å². The van der Waals surface area contributed by atoms with E-state index in [9.17, 15) is 14.4 Å². The highest BCUT2D eigenvalue weighted by Gasteiger charge is 2.35. The number of hydrogen-bond acceptors (Lipinski definition) is 7. The Kier molecular flexibility index (Phi) is 11.8. The molecular formula is C35H50N2O6. The van der Waals surface area contributed by atoms with Gasteiger partial charge in [0, 0.05) is 31.3 Å². The summed E-state index contributed by atoms with van der Waals surface area (Å²) in [4.78, 5) is 37.2. The average molecular weight is 595 g/mol. The van der Waals surface area contributed by atoms with E-state index in [0.29, 0.717) is 13.0 Å². The van der Waals surface area contributed by atoms with Crippen LogP contribution in [-0.2, 0) is 34.6 Å². The predicted octanol–water partition coefficient (Wildman–Crippen LogP) is 6.15. The summed E-state index contributed by atoms with van der Waals surface area (Å²) in [6, 6.07) is 16.7. The monoisotopic (exact) mass is 594 g/mol. The van der Waals surface area contributed by atoms with E-state index in [1.54, 1.807) is 13.8 Å². The van der Waals surface area contributed by atoms with Crippen molar-refractivity contribution in [1.29, 1.82) is 0 Å². The maximum absolute atomic E-state index is 12.9. The van der Waals surface area contributed by atoms with Crippen LogP contribution >= 0.6 is 0 Å². The fourth-order valence-corrected chi connectivity index (χ4v) is 5.43. The van der Waals surface area contributed by atoms with Crippen LogP contribution in [0, 0.1) is 0 Å². The largest absolute Gasteiger partial charge is 0.466 e. The van der Waals surface area contributed by atoms with E-state index < -0.39 is 24.1 Å². The van der Waals surface area contributed by atoms with Crippen LogP contribution < -0.4 is 10.6 Å². The molecule has 0 radical (unpaired) electrons. The number of nitrogens with one attached hydrogen (secondary N) is 2. The van der Waals surface area contributed by atoms with E-state index in [2.05, 4.69) is 101 Å². The Balaban J connectivity index is 1.75. The molecule has 8 heteroatoms. The van der Waals surface area contributed by atoms with Gasteiger partial charge in [-0.3, -0.25) is 4.79 Å². The summed E-state index contributed by atoms with van der Waals surface area (Å²) < 4.78 is 15.8. The quantitative estimate of drug-likeness (QED) is 0.238. The molecule has 3 rings (SSSR count). The number of alkyl carbamates (subject to hydrolysis) is 1. The summed E-state index contributed by atoms with van der Waals surface area (Å²) in [5.74, 6) is -0.993. The molecule has 1 aliphatic rings. The fourth-order valence-electron chi connectivity index (χ4n) is 5.43. The zero-order valence-corrected chi connectivity index (χ0v) is 27.1. The van der Waals surface area contributed by atoms with Gasteiger partial charge in [-0.15, -0.1) is 0 Å². The SMILES string of the molecule is CCOC(=O)CC[C@H](NC(=O)O[C@H]1CNC(C(c2ccc(C(C)(C)C)cc2)c2ccc(C(C)(C)C)cc2)C1)C(=O)OCC. The van der Waals surface area contributed by atoms with Crippen molar-refractivity contribution in [3.05, 3.63) is 70.8 Å². The highest BCUT2D eigenvalue weighted by atomic mass is 16.6. The van der Waals surface area contributed by atoms with Gasteiger partial charge in [0.2, 0.25) is 0 Å². The third-order valence-electron chi connectivity index (χ3n) is 7.88. The normalized spacial score (nSPS) is 17.8. The van der Waals surface area contributed by atoms with Crippen LogP contribution in [0.3, 0.4) is 0 Å². The molecule has 0 aromatic heterocycles. The zero-order valence-electron chi connectivity index (χ0n) is 27.1. The summed E-state index contributed by atoms with van der Waals surface area (Å²) >= 11 is 0. The molecule has 1 aliphatic heterocycles. The third kappa shape index (κ3) is 9.82. The molecule has 1 saturated heterocycles. The molecule has 1 fully saturated rings. The molecule has 0 aliphatic carbocycles. The second-order valence-corrected chi connectivity index (χ2v) is 13.3. The summed E-state index contributed by atoms with van der Waals surface area (Å²) in [5.41, 5.74) is 5.04. The van der Waals surface area contributed by atoms with Gasteiger partial charge < -0.3 is 24.8 Å². The number of amides is 1. The molecule has 1 heterocycles. The molecule has 0 bridgehead atoms. The topological polar surface area (TPSA) is 103 Å². The summed E-state index contributed by atoms with van der Waals surface area (Å²) in [7, 11) is 0. The number of carbonyl (C=O) groups is 3. The van der Waals surface area contributed by atoms with Crippen molar-refractivity contribution in [2.75, 3.05) is 19.8 Å². The number of ether oxygens (including phenoxy) is 3. The first-order valence-electron chi connectivity index (χ1n) is 15.5. The van der Waals surface area contributed by atoms with Crippen LogP contribution in [0.25, 0.3) is 0 Å². The van der Waals surface area contributed by atoms with Gasteiger partial charge in [0.15, 0.2) is 0 Å². The lowest BCUT2D eigenvalue weighted by Gasteiger charge is -2.27. The molecule has 2 aromatic carbocycles. The Morgan fingerprint density at radius 3 is 1.81 bits per heavy atom. The van der Waals surface area contributed by atoms with Gasteiger partial charge in [-0.2, -0.15) is 0 Å². The van der Waals surface area contributed by atoms with Crippen molar-refractivity contribution in [3.8, 4) is 0 Å². The van der Waals surface area contributed by atoms with Crippen molar-refractivity contribution in [2.24, 2.45) is 0 Å². The molecule has 1 unspecified atom stereocenters. The van der Waals surface area contributed by atoms with E-state index in [4.69, 9.17) is 14.2 Å². The summed E-state index contributed by atoms with van der Waals surface area (Å²) in [6.45, 7) is 17.5. The second kappa shape index (κ2) is 14.9. The lowest BCUT2D eigenvalue weighted by molar-refractivity contribution is -0.147. The maximum atomic E-state index is 12.9. The number of esters is 2. The number of benzene rings is 2. The fraction of sp³-hybridized carbons (Fsp3) is 0.571. The van der Waals surface area contributed by atoms with E-state index in [1.165, 1.54) is 22.3 Å². The average Bonchev–Trinajstić information content (AvgIpc) is 3.38. The Labute approximate surface area is 257 Å². The van der Waals surface area contributed by atoms with Crippen LogP contribution in [0.4, 0.5) is 4.79 Å². The van der Waals surface area contributed by atoms with Crippen LogP contribution in [0.5, 0.6) is 0 Å². The molecular weight excluding hydrogens is 544 g/mol. The van der Waals surface area contributed by atoms with Crippen molar-refractivity contribution in [2.45, 2.75) is 110 Å². The van der Waals surface area contributed by atoms with Gasteiger partial charge in [-0.1, -0.05) is 90.1 Å². The van der Waals surface area contributed by atoms with Crippen molar-refractivity contribution in [1.82, 2.24) is 10.6 Å². The van der Waals surface area contributed by atoms with Gasteiger partial charge in [0.25, 0.3) is 0 Å². The highest BCUT2D eigenvalue weighted by molar-refractivity contribution is 5.82. The minimum Gasteiger partial charge on any atom is -0.466 e. The molecule has 2 aromatic rings. The Hall–Kier alpha value is -3.39. The smallest absolute Gasteiger partial charge is 0.408 e. The van der Waals surface area contributed by atoms with Gasteiger partial charge in [-0.05, 0) is 53.4 Å².